The van der Waals surface area contributed by atoms with Crippen LogP contribution in [0.25, 0.3) is 32.7 Å². The summed E-state index contributed by atoms with van der Waals surface area (Å²) in [7, 11) is 6.80. The van der Waals surface area contributed by atoms with Gasteiger partial charge in [0, 0.05) is 111 Å². The van der Waals surface area contributed by atoms with Crippen molar-refractivity contribution in [2.75, 3.05) is 18.2 Å². The van der Waals surface area contributed by atoms with Crippen LogP contribution < -0.4 is 22.1 Å². The SMILES string of the molecule is C.CC(=O)OC(Cl)(Cl)Cl.CO.Cc1cnc(N)s1.Cc1cnc(NC(=O)NCc2cn(C)c3c(Cl)cccc23)s1.Cn1cc(C=O)c2cccc(Cl)c21.Cn1cc(CN)c2cccc(Cl)c21. The summed E-state index contributed by atoms with van der Waals surface area (Å²) in [5.41, 5.74) is 16.7. The van der Waals surface area contributed by atoms with E-state index >= 15 is 0 Å². The number of aromatic nitrogens is 5. The zero-order chi connectivity index (χ0) is 48.6. The van der Waals surface area contributed by atoms with Gasteiger partial charge in [0.1, 0.15) is 0 Å². The van der Waals surface area contributed by atoms with Crippen LogP contribution in [0.5, 0.6) is 0 Å². The Morgan fingerprint density at radius 1 is 0.773 bits per heavy atom. The lowest BCUT2D eigenvalue weighted by Crippen LogP contribution is -2.28. The van der Waals surface area contributed by atoms with E-state index in [0.717, 1.165) is 78.9 Å². The smallest absolute Gasteiger partial charge is 0.340 e. The van der Waals surface area contributed by atoms with Crippen LogP contribution in [0.15, 0.2) is 85.6 Å². The van der Waals surface area contributed by atoms with Crippen molar-refractivity contribution >= 4 is 154 Å². The monoisotopic (exact) mass is 1060 g/mol. The molecule has 8 rings (SSSR count). The minimum atomic E-state index is -1.91. The lowest BCUT2D eigenvalue weighted by Gasteiger charge is -2.08. The van der Waals surface area contributed by atoms with E-state index < -0.39 is 9.95 Å². The van der Waals surface area contributed by atoms with Gasteiger partial charge in [-0.15, -0.1) is 22.7 Å². The van der Waals surface area contributed by atoms with Crippen molar-refractivity contribution in [3.8, 4) is 0 Å². The summed E-state index contributed by atoms with van der Waals surface area (Å²) >= 11 is 36.3. The van der Waals surface area contributed by atoms with Gasteiger partial charge in [-0.1, -0.05) is 78.6 Å². The summed E-state index contributed by atoms with van der Waals surface area (Å²) in [6.45, 7) is 6.06. The van der Waals surface area contributed by atoms with Gasteiger partial charge in [-0.05, 0) is 78.0 Å². The number of nitrogen functional groups attached to an aromatic ring is 1. The summed E-state index contributed by atoms with van der Waals surface area (Å²) < 4.78 is 8.03. The van der Waals surface area contributed by atoms with Gasteiger partial charge in [0.05, 0.1) is 31.6 Å². The number of para-hydroxylation sites is 3. The number of anilines is 2. The maximum Gasteiger partial charge on any atom is 0.340 e. The molecular formula is C44H51Cl6N9O5S2. The summed E-state index contributed by atoms with van der Waals surface area (Å²) in [6.07, 6.45) is 10.1. The van der Waals surface area contributed by atoms with Crippen LogP contribution in [0.4, 0.5) is 15.1 Å². The maximum absolute atomic E-state index is 11.9. The molecule has 0 unspecified atom stereocenters. The highest BCUT2D eigenvalue weighted by Crippen LogP contribution is 2.30. The third-order valence-electron chi connectivity index (χ3n) is 8.58. The number of carbonyl (C=O) groups is 3. The van der Waals surface area contributed by atoms with Crippen LogP contribution in [-0.2, 0) is 43.8 Å². The highest BCUT2D eigenvalue weighted by molar-refractivity contribution is 7.15. The lowest BCUT2D eigenvalue weighted by atomic mass is 10.2. The number of alkyl halides is 3. The Hall–Kier alpha value is -4.59. The summed E-state index contributed by atoms with van der Waals surface area (Å²) in [5, 5.41) is 19.1. The van der Waals surface area contributed by atoms with E-state index in [-0.39, 0.29) is 13.5 Å². The second-order valence-electron chi connectivity index (χ2n) is 13.4. The Morgan fingerprint density at radius 3 is 1.62 bits per heavy atom. The number of ether oxygens (including phenoxy) is 1. The Bertz CT molecular complexity index is 2820. The molecule has 5 heterocycles. The molecule has 0 saturated heterocycles. The molecule has 356 valence electrons. The molecule has 5 aromatic heterocycles. The molecule has 0 aliphatic rings. The number of nitrogens with two attached hydrogens (primary N) is 2. The molecule has 0 atom stereocenters. The average Bonchev–Trinajstić information content (AvgIpc) is 4.07. The second kappa shape index (κ2) is 27.3. The van der Waals surface area contributed by atoms with Gasteiger partial charge in [0.2, 0.25) is 0 Å². The van der Waals surface area contributed by atoms with Gasteiger partial charge in [-0.3, -0.25) is 14.9 Å². The van der Waals surface area contributed by atoms with Crippen molar-refractivity contribution in [2.45, 2.75) is 45.3 Å². The molecule has 3 aromatic carbocycles. The zero-order valence-electron chi connectivity index (χ0n) is 36.1. The third-order valence-corrected chi connectivity index (χ3v) is 11.3. The van der Waals surface area contributed by atoms with Gasteiger partial charge in [0.25, 0.3) is 0 Å². The van der Waals surface area contributed by atoms with Gasteiger partial charge in [-0.25, -0.2) is 14.8 Å². The maximum atomic E-state index is 11.9. The van der Waals surface area contributed by atoms with E-state index in [2.05, 4.69) is 25.3 Å². The molecule has 8 aromatic rings. The standard InChI is InChI=1S/C15H15ClN4OS.C10H11ClN2.C10H8ClNO.C4H6N2S.C3H3Cl3O2.CH4O.CH4/c1-9-6-18-15(22-9)19-14(21)17-7-10-8-20(2)13-11(10)4-3-5-12(13)16;1-13-6-7(5-12)8-3-2-4-9(11)10(8)13;1-12-5-7(6-13)8-3-2-4-9(11)10(8)12;1-3-2-6-4(5)7-3;1-2(7)8-3(4,5)6;1-2;/h3-6,8H,7H2,1-2H3,(H2,17,18,19,21);2-4,6H,5,12H2,1H3;2-6H,1H3;2H,1H3,(H2,5,6);1H3;2H,1H3;1H4. The fourth-order valence-corrected chi connectivity index (χ4v) is 8.56. The Kier molecular flexibility index (Phi) is 23.8. The first-order valence-electron chi connectivity index (χ1n) is 18.9. The second-order valence-corrected chi connectivity index (χ2v) is 19.3. The average molecular weight is 1060 g/mol. The fourth-order valence-electron chi connectivity index (χ4n) is 6.11. The first kappa shape index (κ1) is 57.5. The normalized spacial score (nSPS) is 10.3. The van der Waals surface area contributed by atoms with Crippen molar-refractivity contribution in [1.82, 2.24) is 29.0 Å². The predicted molar refractivity (Wildman–Crippen MR) is 278 cm³/mol. The number of urea groups is 1. The van der Waals surface area contributed by atoms with Crippen LogP contribution in [0.3, 0.4) is 0 Å². The van der Waals surface area contributed by atoms with E-state index in [4.69, 9.17) is 86.2 Å². The molecule has 66 heavy (non-hydrogen) atoms. The van der Waals surface area contributed by atoms with Crippen LogP contribution in [-0.4, -0.2) is 58.2 Å². The quantitative estimate of drug-likeness (QED) is 0.0632. The van der Waals surface area contributed by atoms with Crippen molar-refractivity contribution in [2.24, 2.45) is 26.9 Å². The number of nitrogens with one attached hydrogen (secondary N) is 2. The van der Waals surface area contributed by atoms with Crippen molar-refractivity contribution in [1.29, 1.82) is 0 Å². The molecule has 2 amide bonds. The van der Waals surface area contributed by atoms with E-state index in [0.29, 0.717) is 39.0 Å². The molecule has 7 N–H and O–H groups in total. The zero-order valence-corrected chi connectivity index (χ0v) is 42.3. The number of aldehydes is 1. The number of esters is 1. The number of thiazole rings is 2. The number of aliphatic hydroxyl groups excluding tert-OH is 1. The van der Waals surface area contributed by atoms with E-state index in [1.807, 2.05) is 116 Å². The van der Waals surface area contributed by atoms with Gasteiger partial charge in [0.15, 0.2) is 16.5 Å². The number of halogens is 6. The van der Waals surface area contributed by atoms with Crippen LogP contribution >= 0.6 is 92.3 Å². The first-order chi connectivity index (χ1) is 30.7. The predicted octanol–water partition coefficient (Wildman–Crippen LogP) is 12.0. The van der Waals surface area contributed by atoms with Crippen molar-refractivity contribution < 1.29 is 24.2 Å². The molecule has 14 nitrogen and oxygen atoms in total. The number of aliphatic hydroxyl groups is 1. The molecule has 22 heteroatoms. The van der Waals surface area contributed by atoms with Gasteiger partial charge < -0.3 is 40.3 Å². The number of aryl methyl sites for hydroxylation is 5. The fraction of sp³-hybridized carbons (Fsp3) is 0.250. The first-order valence-corrected chi connectivity index (χ1v) is 22.8. The number of fused-ring (bicyclic) bond motifs is 3. The Morgan fingerprint density at radius 2 is 1.23 bits per heavy atom. The lowest BCUT2D eigenvalue weighted by molar-refractivity contribution is -0.141. The van der Waals surface area contributed by atoms with Crippen LogP contribution in [0, 0.1) is 13.8 Å². The molecule has 0 aliphatic heterocycles. The van der Waals surface area contributed by atoms with Crippen LogP contribution in [0.1, 0.15) is 45.6 Å². The molecular weight excluding hydrogens is 1010 g/mol. The number of nitrogens with zero attached hydrogens (tertiary/aromatic N) is 5. The number of carbonyl (C=O) groups excluding carboxylic acids is 3. The highest BCUT2D eigenvalue weighted by atomic mass is 35.6. The van der Waals surface area contributed by atoms with E-state index in [1.165, 1.54) is 22.7 Å². The number of amides is 2. The minimum Gasteiger partial charge on any atom is -0.415 e. The minimum absolute atomic E-state index is 0. The summed E-state index contributed by atoms with van der Waals surface area (Å²) in [6, 6.07) is 16.9. The van der Waals surface area contributed by atoms with E-state index in [1.54, 1.807) is 18.6 Å². The largest absolute Gasteiger partial charge is 0.415 e. The van der Waals surface area contributed by atoms with Gasteiger partial charge in [-0.2, -0.15) is 0 Å². The molecule has 0 aliphatic carbocycles. The van der Waals surface area contributed by atoms with E-state index in [9.17, 15) is 14.4 Å². The van der Waals surface area contributed by atoms with Crippen molar-refractivity contribution in [3.05, 3.63) is 127 Å². The summed E-state index contributed by atoms with van der Waals surface area (Å²) in [4.78, 5) is 42.7. The molecule has 0 radical (unpaired) electrons. The number of benzene rings is 3. The molecule has 0 saturated carbocycles. The summed E-state index contributed by atoms with van der Waals surface area (Å²) in [5.74, 6) is -0.620. The number of rotatable bonds is 5. The molecule has 0 fully saturated rings. The third kappa shape index (κ3) is 16.9. The Labute approximate surface area is 421 Å². The highest BCUT2D eigenvalue weighted by Gasteiger charge is 2.22. The number of hydrogen-bond donors (Lipinski definition) is 5. The van der Waals surface area contributed by atoms with Crippen molar-refractivity contribution in [3.63, 3.8) is 0 Å². The topological polar surface area (TPSA) is 197 Å². The van der Waals surface area contributed by atoms with Crippen LogP contribution in [0.2, 0.25) is 15.1 Å². The molecule has 0 spiro atoms. The Balaban J connectivity index is 0.000000297. The number of hydrogen-bond acceptors (Lipinski definition) is 11. The van der Waals surface area contributed by atoms with Gasteiger partial charge >= 0.3 is 16.0 Å². The molecule has 0 bridgehead atoms.